The number of rotatable bonds is 11. The van der Waals surface area contributed by atoms with Gasteiger partial charge in [-0.2, -0.15) is 13.2 Å². The van der Waals surface area contributed by atoms with E-state index < -0.39 is 29.8 Å². The number of alkyl halides is 3. The van der Waals surface area contributed by atoms with Gasteiger partial charge < -0.3 is 25.8 Å². The minimum Gasteiger partial charge on any atom is -0.385 e. The molecule has 1 unspecified atom stereocenters. The highest BCUT2D eigenvalue weighted by Crippen LogP contribution is 2.39. The van der Waals surface area contributed by atoms with E-state index in [0.717, 1.165) is 31.7 Å². The average molecular weight is 474 g/mol. The molecular formula is C24H38F3N3O3. The third-order valence-corrected chi connectivity index (χ3v) is 6.62. The molecular weight excluding hydrogens is 435 g/mol. The highest BCUT2D eigenvalue weighted by molar-refractivity contribution is 5.74. The summed E-state index contributed by atoms with van der Waals surface area (Å²) in [7, 11) is 1.64. The molecule has 0 radical (unpaired) electrons. The summed E-state index contributed by atoms with van der Waals surface area (Å²) in [6, 6.07) is 8.27. The molecule has 6 nitrogen and oxygen atoms in total. The fourth-order valence-corrected chi connectivity index (χ4v) is 4.54. The molecule has 1 aromatic carbocycles. The number of likely N-dealkylation sites (tertiary alicyclic amines) is 1. The molecule has 1 aliphatic heterocycles. The maximum Gasteiger partial charge on any atom is 0.391 e. The standard InChI is InChI=1S/C24H38F3N3O3/c1-18(24(25,26)27)15-21(16-28)29-22(31)30-13-8-11-20(17-30)23(32,12-6-7-14-33-2)19-9-4-3-5-10-19/h3-5,9-10,18,20-21,32H,6-8,11-17,28H2,1-2H3,(H,29,31)/t18?,20-,21+,23-/m1/s1. The van der Waals surface area contributed by atoms with Crippen molar-refractivity contribution in [3.8, 4) is 0 Å². The van der Waals surface area contributed by atoms with Gasteiger partial charge in [0.25, 0.3) is 0 Å². The highest BCUT2D eigenvalue weighted by atomic mass is 19.4. The average Bonchev–Trinajstić information content (AvgIpc) is 2.81. The molecule has 188 valence electrons. The first kappa shape index (κ1) is 27.4. The van der Waals surface area contributed by atoms with Crippen LogP contribution in [0.2, 0.25) is 0 Å². The third kappa shape index (κ3) is 7.86. The number of piperidine rings is 1. The number of benzene rings is 1. The van der Waals surface area contributed by atoms with Crippen molar-refractivity contribution in [1.82, 2.24) is 10.2 Å². The predicted molar refractivity (Wildman–Crippen MR) is 122 cm³/mol. The first-order chi connectivity index (χ1) is 15.6. The van der Waals surface area contributed by atoms with Gasteiger partial charge in [0.1, 0.15) is 0 Å². The first-order valence-electron chi connectivity index (χ1n) is 11.7. The van der Waals surface area contributed by atoms with Crippen molar-refractivity contribution in [2.24, 2.45) is 17.6 Å². The molecule has 1 saturated heterocycles. The van der Waals surface area contributed by atoms with Crippen LogP contribution in [-0.4, -0.2) is 61.6 Å². The van der Waals surface area contributed by atoms with Gasteiger partial charge in [-0.3, -0.25) is 0 Å². The Bertz CT molecular complexity index is 720. The molecule has 2 amide bonds. The zero-order valence-electron chi connectivity index (χ0n) is 19.6. The molecule has 1 aliphatic rings. The smallest absolute Gasteiger partial charge is 0.385 e. The van der Waals surface area contributed by atoms with Gasteiger partial charge in [-0.05, 0) is 44.1 Å². The van der Waals surface area contributed by atoms with E-state index in [1.807, 2.05) is 30.3 Å². The Morgan fingerprint density at radius 2 is 2.00 bits per heavy atom. The molecule has 4 atom stereocenters. The van der Waals surface area contributed by atoms with Gasteiger partial charge in [-0.15, -0.1) is 0 Å². The van der Waals surface area contributed by atoms with Crippen molar-refractivity contribution in [2.45, 2.75) is 63.3 Å². The molecule has 0 spiro atoms. The second kappa shape index (κ2) is 12.6. The van der Waals surface area contributed by atoms with E-state index in [4.69, 9.17) is 10.5 Å². The topological polar surface area (TPSA) is 87.8 Å². The second-order valence-corrected chi connectivity index (χ2v) is 9.09. The van der Waals surface area contributed by atoms with E-state index in [9.17, 15) is 23.1 Å². The van der Waals surface area contributed by atoms with Gasteiger partial charge in [0.15, 0.2) is 0 Å². The van der Waals surface area contributed by atoms with Gasteiger partial charge in [0.05, 0.1) is 11.5 Å². The molecule has 33 heavy (non-hydrogen) atoms. The summed E-state index contributed by atoms with van der Waals surface area (Å²) in [6.07, 6.45) is -1.01. The first-order valence-corrected chi connectivity index (χ1v) is 11.7. The molecule has 0 bridgehead atoms. The van der Waals surface area contributed by atoms with Crippen LogP contribution in [0.25, 0.3) is 0 Å². The maximum atomic E-state index is 12.9. The van der Waals surface area contributed by atoms with Crippen molar-refractivity contribution in [1.29, 1.82) is 0 Å². The summed E-state index contributed by atoms with van der Waals surface area (Å²) in [5.41, 5.74) is 5.35. The van der Waals surface area contributed by atoms with E-state index in [0.29, 0.717) is 32.5 Å². The predicted octanol–water partition coefficient (Wildman–Crippen LogP) is 4.03. The summed E-state index contributed by atoms with van der Waals surface area (Å²) in [5, 5.41) is 14.5. The van der Waals surface area contributed by atoms with Crippen LogP contribution in [0.15, 0.2) is 30.3 Å². The molecule has 9 heteroatoms. The van der Waals surface area contributed by atoms with Crippen LogP contribution >= 0.6 is 0 Å². The number of methoxy groups -OCH3 is 1. The number of halogens is 3. The molecule has 1 heterocycles. The molecule has 4 N–H and O–H groups in total. The number of ether oxygens (including phenoxy) is 1. The fraction of sp³-hybridized carbons (Fsp3) is 0.708. The zero-order valence-corrected chi connectivity index (χ0v) is 19.6. The summed E-state index contributed by atoms with van der Waals surface area (Å²) in [4.78, 5) is 14.5. The number of unbranched alkanes of at least 4 members (excludes halogenated alkanes) is 1. The minimum absolute atomic E-state index is 0.0725. The van der Waals surface area contributed by atoms with Gasteiger partial charge >= 0.3 is 12.2 Å². The van der Waals surface area contributed by atoms with Crippen molar-refractivity contribution >= 4 is 6.03 Å². The number of nitrogens with zero attached hydrogens (tertiary/aromatic N) is 1. The maximum absolute atomic E-state index is 12.9. The van der Waals surface area contributed by atoms with Crippen LogP contribution in [0.3, 0.4) is 0 Å². The van der Waals surface area contributed by atoms with Crippen LogP contribution < -0.4 is 11.1 Å². The van der Waals surface area contributed by atoms with Crippen molar-refractivity contribution in [2.75, 3.05) is 33.4 Å². The molecule has 1 fully saturated rings. The highest BCUT2D eigenvalue weighted by Gasteiger charge is 2.42. The Hall–Kier alpha value is -1.84. The molecule has 1 aromatic rings. The zero-order chi connectivity index (χ0) is 24.5. The summed E-state index contributed by atoms with van der Waals surface area (Å²) in [6.45, 7) is 2.45. The van der Waals surface area contributed by atoms with Crippen molar-refractivity contribution < 1.29 is 27.8 Å². The number of amides is 2. The van der Waals surface area contributed by atoms with Gasteiger partial charge in [0, 0.05) is 45.3 Å². The van der Waals surface area contributed by atoms with Crippen molar-refractivity contribution in [3.05, 3.63) is 35.9 Å². The van der Waals surface area contributed by atoms with E-state index in [-0.39, 0.29) is 18.9 Å². The number of hydrogen-bond donors (Lipinski definition) is 3. The minimum atomic E-state index is -4.33. The Kier molecular flexibility index (Phi) is 10.4. The fourth-order valence-electron chi connectivity index (χ4n) is 4.54. The lowest BCUT2D eigenvalue weighted by Gasteiger charge is -2.43. The number of nitrogens with two attached hydrogens (primary N) is 1. The monoisotopic (exact) mass is 473 g/mol. The number of carbonyl (C=O) groups excluding carboxylic acids is 1. The second-order valence-electron chi connectivity index (χ2n) is 9.09. The lowest BCUT2D eigenvalue weighted by atomic mass is 9.74. The van der Waals surface area contributed by atoms with Crippen LogP contribution in [0.5, 0.6) is 0 Å². The van der Waals surface area contributed by atoms with E-state index in [1.165, 1.54) is 0 Å². The van der Waals surface area contributed by atoms with Gasteiger partial charge in [-0.1, -0.05) is 37.3 Å². The molecule has 2 rings (SSSR count). The Balaban J connectivity index is 2.09. The Labute approximate surface area is 194 Å². The number of hydrogen-bond acceptors (Lipinski definition) is 4. The number of nitrogens with one attached hydrogen (secondary N) is 1. The third-order valence-electron chi connectivity index (χ3n) is 6.62. The SMILES string of the molecule is COCCCC[C@@](O)(c1ccccc1)[C@@H]1CCCN(C(=O)N[C@H](CN)CC(C)C(F)(F)F)C1. The van der Waals surface area contributed by atoms with Crippen molar-refractivity contribution in [3.63, 3.8) is 0 Å². The number of urea groups is 1. The summed E-state index contributed by atoms with van der Waals surface area (Å²) < 4.78 is 43.9. The van der Waals surface area contributed by atoms with Gasteiger partial charge in [-0.25, -0.2) is 4.79 Å². The van der Waals surface area contributed by atoms with Gasteiger partial charge in [0.2, 0.25) is 0 Å². The van der Waals surface area contributed by atoms with Crippen LogP contribution in [-0.2, 0) is 10.3 Å². The molecule has 0 aromatic heterocycles. The van der Waals surface area contributed by atoms with E-state index in [1.54, 1.807) is 12.0 Å². The Morgan fingerprint density at radius 1 is 1.30 bits per heavy atom. The van der Waals surface area contributed by atoms with Crippen LogP contribution in [0.4, 0.5) is 18.0 Å². The normalized spacial score (nSPS) is 20.7. The van der Waals surface area contributed by atoms with E-state index in [2.05, 4.69) is 5.32 Å². The van der Waals surface area contributed by atoms with E-state index >= 15 is 0 Å². The molecule has 0 aliphatic carbocycles. The largest absolute Gasteiger partial charge is 0.391 e. The number of aliphatic hydroxyl groups is 1. The van der Waals surface area contributed by atoms with Crippen LogP contribution in [0.1, 0.15) is 51.0 Å². The quantitative estimate of drug-likeness (QED) is 0.424. The lowest BCUT2D eigenvalue weighted by Crippen LogP contribution is -2.54. The lowest BCUT2D eigenvalue weighted by molar-refractivity contribution is -0.172. The molecule has 0 saturated carbocycles. The Morgan fingerprint density at radius 3 is 2.61 bits per heavy atom. The number of carbonyl (C=O) groups is 1. The van der Waals surface area contributed by atoms with Crippen LogP contribution in [0, 0.1) is 11.8 Å². The summed E-state index contributed by atoms with van der Waals surface area (Å²) in [5.74, 6) is -1.75. The summed E-state index contributed by atoms with van der Waals surface area (Å²) >= 11 is 0.